The van der Waals surface area contributed by atoms with Crippen molar-refractivity contribution in [3.05, 3.63) is 35.4 Å². The molecule has 0 radical (unpaired) electrons. The van der Waals surface area contributed by atoms with Gasteiger partial charge in [0, 0.05) is 18.7 Å². The van der Waals surface area contributed by atoms with E-state index in [1.807, 2.05) is 31.3 Å². The Morgan fingerprint density at radius 1 is 1.23 bits per heavy atom. The maximum Gasteiger partial charge on any atom is 0.251 e. The first-order chi connectivity index (χ1) is 10.7. The number of benzene rings is 1. The molecule has 2 N–H and O–H groups in total. The van der Waals surface area contributed by atoms with Crippen molar-refractivity contribution >= 4 is 5.91 Å². The van der Waals surface area contributed by atoms with Gasteiger partial charge in [-0.15, -0.1) is 0 Å². The number of nitrogens with one attached hydrogen (secondary N) is 2. The van der Waals surface area contributed by atoms with Crippen LogP contribution in [0.5, 0.6) is 0 Å². The second-order valence-electron chi connectivity index (χ2n) is 6.29. The smallest absolute Gasteiger partial charge is 0.251 e. The van der Waals surface area contributed by atoms with Crippen molar-refractivity contribution in [1.82, 2.24) is 15.5 Å². The summed E-state index contributed by atoms with van der Waals surface area (Å²) < 4.78 is 0. The van der Waals surface area contributed by atoms with E-state index in [0.717, 1.165) is 56.2 Å². The minimum absolute atomic E-state index is 0.0529. The summed E-state index contributed by atoms with van der Waals surface area (Å²) in [7, 11) is 1.93. The summed E-state index contributed by atoms with van der Waals surface area (Å²) in [5, 5.41) is 6.21. The molecule has 0 aliphatic carbocycles. The molecule has 0 bridgehead atoms. The normalized spacial score (nSPS) is 16.6. The van der Waals surface area contributed by atoms with Crippen molar-refractivity contribution in [1.29, 1.82) is 0 Å². The van der Waals surface area contributed by atoms with Gasteiger partial charge in [0.1, 0.15) is 0 Å². The second-order valence-corrected chi connectivity index (χ2v) is 6.29. The fraction of sp³-hybridized carbons (Fsp3) is 0.611. The second kappa shape index (κ2) is 8.91. The zero-order valence-electron chi connectivity index (χ0n) is 13.9. The molecular weight excluding hydrogens is 274 g/mol. The van der Waals surface area contributed by atoms with Crippen LogP contribution in [0.1, 0.15) is 35.7 Å². The molecule has 2 rings (SSSR count). The molecule has 1 amide bonds. The monoisotopic (exact) mass is 303 g/mol. The van der Waals surface area contributed by atoms with Gasteiger partial charge in [0.25, 0.3) is 5.91 Å². The first-order valence-electron chi connectivity index (χ1n) is 8.43. The molecule has 0 aromatic heterocycles. The van der Waals surface area contributed by atoms with Crippen molar-refractivity contribution in [3.8, 4) is 0 Å². The van der Waals surface area contributed by atoms with E-state index in [0.29, 0.717) is 0 Å². The van der Waals surface area contributed by atoms with E-state index in [1.165, 1.54) is 12.8 Å². The molecule has 0 atom stereocenters. The summed E-state index contributed by atoms with van der Waals surface area (Å²) in [6, 6.07) is 7.89. The van der Waals surface area contributed by atoms with Gasteiger partial charge in [0.05, 0.1) is 0 Å². The third-order valence-corrected chi connectivity index (χ3v) is 4.50. The highest BCUT2D eigenvalue weighted by Gasteiger charge is 2.16. The van der Waals surface area contributed by atoms with E-state index < -0.39 is 0 Å². The van der Waals surface area contributed by atoms with Gasteiger partial charge in [-0.1, -0.05) is 25.1 Å². The van der Waals surface area contributed by atoms with Gasteiger partial charge in [-0.2, -0.15) is 0 Å². The molecule has 122 valence electrons. The lowest BCUT2D eigenvalue weighted by molar-refractivity contribution is 0.0943. The van der Waals surface area contributed by atoms with Crippen LogP contribution in [0.4, 0.5) is 0 Å². The molecule has 0 unspecified atom stereocenters. The van der Waals surface area contributed by atoms with Crippen LogP contribution in [0, 0.1) is 5.92 Å². The van der Waals surface area contributed by atoms with Crippen molar-refractivity contribution in [2.24, 2.45) is 5.92 Å². The summed E-state index contributed by atoms with van der Waals surface area (Å²) in [5.74, 6) is 0.905. The number of carbonyl (C=O) groups is 1. The molecule has 1 saturated heterocycles. The summed E-state index contributed by atoms with van der Waals surface area (Å²) >= 11 is 0. The van der Waals surface area contributed by atoms with Gasteiger partial charge in [0.2, 0.25) is 0 Å². The molecular formula is C18H29N3O. The number of nitrogens with zero attached hydrogens (tertiary/aromatic N) is 1. The van der Waals surface area contributed by atoms with E-state index in [1.54, 1.807) is 0 Å². The van der Waals surface area contributed by atoms with Gasteiger partial charge < -0.3 is 15.5 Å². The molecule has 0 spiro atoms. The van der Waals surface area contributed by atoms with E-state index in [4.69, 9.17) is 0 Å². The number of rotatable bonds is 7. The molecule has 1 aliphatic rings. The predicted octanol–water partition coefficient (Wildman–Crippen LogP) is 1.91. The number of likely N-dealkylation sites (N-methyl/N-ethyl adjacent to an activating group) is 1. The Bertz CT molecular complexity index is 467. The van der Waals surface area contributed by atoms with Gasteiger partial charge in [-0.3, -0.25) is 4.79 Å². The van der Waals surface area contributed by atoms with Gasteiger partial charge in [0.15, 0.2) is 0 Å². The third kappa shape index (κ3) is 5.11. The number of carbonyl (C=O) groups excluding carboxylic acids is 1. The van der Waals surface area contributed by atoms with E-state index >= 15 is 0 Å². The van der Waals surface area contributed by atoms with Crippen LogP contribution in [-0.4, -0.2) is 50.6 Å². The van der Waals surface area contributed by atoms with Crippen LogP contribution in [0.15, 0.2) is 24.3 Å². The maximum atomic E-state index is 12.4. The SMILES string of the molecule is CNCCc1ccccc1C(=O)NCCN1CCC(C)CC1. The number of likely N-dealkylation sites (tertiary alicyclic amines) is 1. The average Bonchev–Trinajstić information content (AvgIpc) is 2.55. The van der Waals surface area contributed by atoms with Crippen molar-refractivity contribution in [2.75, 3.05) is 39.8 Å². The van der Waals surface area contributed by atoms with Crippen LogP contribution >= 0.6 is 0 Å². The van der Waals surface area contributed by atoms with Crippen LogP contribution in [-0.2, 0) is 6.42 Å². The third-order valence-electron chi connectivity index (χ3n) is 4.50. The molecule has 1 aromatic rings. The average molecular weight is 303 g/mol. The number of hydrogen-bond acceptors (Lipinski definition) is 3. The van der Waals surface area contributed by atoms with E-state index in [9.17, 15) is 4.79 Å². The van der Waals surface area contributed by atoms with Crippen LogP contribution in [0.2, 0.25) is 0 Å². The summed E-state index contributed by atoms with van der Waals surface area (Å²) in [5.41, 5.74) is 1.92. The number of hydrogen-bond donors (Lipinski definition) is 2. The topological polar surface area (TPSA) is 44.4 Å². The van der Waals surface area contributed by atoms with Crippen LogP contribution < -0.4 is 10.6 Å². The zero-order chi connectivity index (χ0) is 15.8. The zero-order valence-corrected chi connectivity index (χ0v) is 13.9. The van der Waals surface area contributed by atoms with Crippen molar-refractivity contribution in [3.63, 3.8) is 0 Å². The Morgan fingerprint density at radius 3 is 2.68 bits per heavy atom. The largest absolute Gasteiger partial charge is 0.351 e. The standard InChI is InChI=1S/C18H29N3O/c1-15-8-12-21(13-9-15)14-11-20-18(22)17-6-4-3-5-16(17)7-10-19-2/h3-6,15,19H,7-14H2,1-2H3,(H,20,22). The van der Waals surface area contributed by atoms with Crippen LogP contribution in [0.25, 0.3) is 0 Å². The minimum Gasteiger partial charge on any atom is -0.351 e. The fourth-order valence-electron chi connectivity index (χ4n) is 2.93. The lowest BCUT2D eigenvalue weighted by Gasteiger charge is -2.30. The fourth-order valence-corrected chi connectivity index (χ4v) is 2.93. The molecule has 1 aromatic carbocycles. The minimum atomic E-state index is 0.0529. The Labute approximate surface area is 134 Å². The molecule has 22 heavy (non-hydrogen) atoms. The predicted molar refractivity (Wildman–Crippen MR) is 91.2 cm³/mol. The molecule has 0 saturated carbocycles. The molecule has 4 heteroatoms. The van der Waals surface area contributed by atoms with Gasteiger partial charge in [-0.05, 0) is 63.5 Å². The van der Waals surface area contributed by atoms with E-state index in [-0.39, 0.29) is 5.91 Å². The lowest BCUT2D eigenvalue weighted by Crippen LogP contribution is -2.39. The Hall–Kier alpha value is -1.39. The molecule has 1 heterocycles. The summed E-state index contributed by atoms with van der Waals surface area (Å²) in [6.07, 6.45) is 3.44. The van der Waals surface area contributed by atoms with E-state index in [2.05, 4.69) is 22.5 Å². The molecule has 1 fully saturated rings. The van der Waals surface area contributed by atoms with Crippen molar-refractivity contribution < 1.29 is 4.79 Å². The highest BCUT2D eigenvalue weighted by Crippen LogP contribution is 2.15. The molecule has 4 nitrogen and oxygen atoms in total. The first kappa shape index (κ1) is 17.0. The number of piperidine rings is 1. The highest BCUT2D eigenvalue weighted by molar-refractivity contribution is 5.95. The van der Waals surface area contributed by atoms with Gasteiger partial charge >= 0.3 is 0 Å². The highest BCUT2D eigenvalue weighted by atomic mass is 16.1. The van der Waals surface area contributed by atoms with Gasteiger partial charge in [-0.25, -0.2) is 0 Å². The summed E-state index contributed by atoms with van der Waals surface area (Å²) in [4.78, 5) is 14.8. The molecule has 1 aliphatic heterocycles. The Balaban J connectivity index is 1.79. The number of amides is 1. The maximum absolute atomic E-state index is 12.4. The first-order valence-corrected chi connectivity index (χ1v) is 8.43. The lowest BCUT2D eigenvalue weighted by atomic mass is 9.99. The van der Waals surface area contributed by atoms with Crippen molar-refractivity contribution in [2.45, 2.75) is 26.2 Å². The Morgan fingerprint density at radius 2 is 1.95 bits per heavy atom. The Kier molecular flexibility index (Phi) is 6.87. The quantitative estimate of drug-likeness (QED) is 0.809. The van der Waals surface area contributed by atoms with Crippen LogP contribution in [0.3, 0.4) is 0 Å². The summed E-state index contributed by atoms with van der Waals surface area (Å²) in [6.45, 7) is 7.22.